The summed E-state index contributed by atoms with van der Waals surface area (Å²) in [4.78, 5) is 10.8. The van der Waals surface area contributed by atoms with Gasteiger partial charge in [-0.2, -0.15) is 13.2 Å². The maximum Gasteiger partial charge on any atom is 0.449 e. The summed E-state index contributed by atoms with van der Waals surface area (Å²) in [6, 6.07) is 5.73. The number of hydrogen-bond donors (Lipinski definition) is 1. The number of Topliss-reactive ketones (excluding diaryl/α,β-unsaturated/α-hetero) is 1. The SMILES string of the molecule is CCCC(O)(C#Cc1cccc(S(=O)(=O)CCCC(=O)C(F)(F)F)c1)CCC. The zero-order chi connectivity index (χ0) is 21.4. The van der Waals surface area contributed by atoms with Crippen molar-refractivity contribution in [2.45, 2.75) is 69.0 Å². The third-order valence-corrected chi connectivity index (χ3v) is 5.89. The standard InChI is InChI=1S/C20H25F3O4S/c1-3-11-19(25,12-4-2)13-10-16-7-5-8-17(15-16)28(26,27)14-6-9-18(24)20(21,22)23/h5,7-8,15,25H,3-4,6,9,11-12,14H2,1-2H3. The van der Waals surface area contributed by atoms with Crippen molar-refractivity contribution in [1.82, 2.24) is 0 Å². The van der Waals surface area contributed by atoms with Crippen LogP contribution in [0.5, 0.6) is 0 Å². The summed E-state index contributed by atoms with van der Waals surface area (Å²) in [6.45, 7) is 3.86. The summed E-state index contributed by atoms with van der Waals surface area (Å²) in [5.41, 5.74) is -0.755. The van der Waals surface area contributed by atoms with E-state index < -0.39 is 46.0 Å². The van der Waals surface area contributed by atoms with Crippen molar-refractivity contribution in [3.63, 3.8) is 0 Å². The lowest BCUT2D eigenvalue weighted by Crippen LogP contribution is -2.25. The van der Waals surface area contributed by atoms with Crippen LogP contribution in [0.25, 0.3) is 0 Å². The Kier molecular flexibility index (Phi) is 8.71. The lowest BCUT2D eigenvalue weighted by molar-refractivity contribution is -0.171. The molecule has 1 N–H and O–H groups in total. The highest BCUT2D eigenvalue weighted by atomic mass is 32.2. The second-order valence-electron chi connectivity index (χ2n) is 6.65. The smallest absolute Gasteiger partial charge is 0.378 e. The van der Waals surface area contributed by atoms with Crippen LogP contribution in [0.4, 0.5) is 13.2 Å². The third kappa shape index (κ3) is 7.64. The Labute approximate surface area is 164 Å². The molecule has 0 bridgehead atoms. The summed E-state index contributed by atoms with van der Waals surface area (Å²) < 4.78 is 61.3. The van der Waals surface area contributed by atoms with Crippen LogP contribution in [0.1, 0.15) is 57.9 Å². The van der Waals surface area contributed by atoms with Crippen LogP contribution in [0.3, 0.4) is 0 Å². The number of benzene rings is 1. The van der Waals surface area contributed by atoms with E-state index in [0.717, 1.165) is 12.8 Å². The molecule has 0 radical (unpaired) electrons. The molecule has 0 amide bonds. The predicted octanol–water partition coefficient (Wildman–Crippen LogP) is 4.05. The van der Waals surface area contributed by atoms with Crippen molar-refractivity contribution >= 4 is 15.6 Å². The molecular formula is C20H25F3O4S. The van der Waals surface area contributed by atoms with Gasteiger partial charge in [-0.15, -0.1) is 0 Å². The van der Waals surface area contributed by atoms with Crippen molar-refractivity contribution < 1.29 is 31.5 Å². The topological polar surface area (TPSA) is 71.4 Å². The van der Waals surface area contributed by atoms with Crippen molar-refractivity contribution in [3.8, 4) is 11.8 Å². The van der Waals surface area contributed by atoms with E-state index in [2.05, 4.69) is 11.8 Å². The molecule has 0 fully saturated rings. The van der Waals surface area contributed by atoms with Crippen LogP contribution in [-0.2, 0) is 14.6 Å². The molecule has 1 aromatic carbocycles. The van der Waals surface area contributed by atoms with Gasteiger partial charge in [-0.1, -0.05) is 44.6 Å². The highest BCUT2D eigenvalue weighted by Gasteiger charge is 2.37. The monoisotopic (exact) mass is 418 g/mol. The van der Waals surface area contributed by atoms with Crippen molar-refractivity contribution in [3.05, 3.63) is 29.8 Å². The first kappa shape index (κ1) is 24.2. The van der Waals surface area contributed by atoms with Crippen molar-refractivity contribution in [2.75, 3.05) is 5.75 Å². The molecule has 0 aliphatic rings. The Morgan fingerprint density at radius 3 is 2.29 bits per heavy atom. The van der Waals surface area contributed by atoms with Gasteiger partial charge in [0.1, 0.15) is 5.60 Å². The third-order valence-electron chi connectivity index (χ3n) is 4.09. The Bertz CT molecular complexity index is 827. The summed E-state index contributed by atoms with van der Waals surface area (Å²) in [6.07, 6.45) is -3.75. The first-order valence-electron chi connectivity index (χ1n) is 9.12. The minimum Gasteiger partial charge on any atom is -0.378 e. The van der Waals surface area contributed by atoms with Gasteiger partial charge in [-0.3, -0.25) is 4.79 Å². The number of rotatable bonds is 9. The molecule has 0 heterocycles. The second-order valence-corrected chi connectivity index (χ2v) is 8.76. The number of aliphatic hydroxyl groups is 1. The first-order chi connectivity index (χ1) is 12.9. The molecule has 4 nitrogen and oxygen atoms in total. The fourth-order valence-corrected chi connectivity index (χ4v) is 4.07. The van der Waals surface area contributed by atoms with Gasteiger partial charge in [0.2, 0.25) is 5.78 Å². The van der Waals surface area contributed by atoms with Crippen molar-refractivity contribution in [1.29, 1.82) is 0 Å². The number of carbonyl (C=O) groups excluding carboxylic acids is 1. The number of alkyl halides is 3. The maximum absolute atomic E-state index is 12.3. The largest absolute Gasteiger partial charge is 0.449 e. The highest BCUT2D eigenvalue weighted by Crippen LogP contribution is 2.21. The van der Waals surface area contributed by atoms with Gasteiger partial charge in [-0.25, -0.2) is 8.42 Å². The zero-order valence-corrected chi connectivity index (χ0v) is 16.8. The Hall–Kier alpha value is -1.85. The summed E-state index contributed by atoms with van der Waals surface area (Å²) >= 11 is 0. The van der Waals surface area contributed by atoms with Gasteiger partial charge in [-0.05, 0) is 37.5 Å². The fraction of sp³-hybridized carbons (Fsp3) is 0.550. The lowest BCUT2D eigenvalue weighted by Gasteiger charge is -2.20. The molecule has 1 aromatic rings. The molecule has 28 heavy (non-hydrogen) atoms. The van der Waals surface area contributed by atoms with Crippen LogP contribution < -0.4 is 0 Å². The van der Waals surface area contributed by atoms with E-state index in [1.54, 1.807) is 6.07 Å². The Morgan fingerprint density at radius 1 is 1.14 bits per heavy atom. The van der Waals surface area contributed by atoms with E-state index in [9.17, 15) is 31.5 Å². The average molecular weight is 418 g/mol. The number of hydrogen-bond acceptors (Lipinski definition) is 4. The minimum absolute atomic E-state index is 0.0757. The summed E-state index contributed by atoms with van der Waals surface area (Å²) in [7, 11) is -3.85. The van der Waals surface area contributed by atoms with Crippen LogP contribution in [0, 0.1) is 11.8 Å². The van der Waals surface area contributed by atoms with Gasteiger partial charge < -0.3 is 5.11 Å². The lowest BCUT2D eigenvalue weighted by atomic mass is 9.93. The second kappa shape index (κ2) is 10.1. The normalized spacial score (nSPS) is 12.4. The molecule has 0 saturated heterocycles. The van der Waals surface area contributed by atoms with Crippen LogP contribution in [-0.4, -0.2) is 36.8 Å². The molecule has 0 spiro atoms. The minimum atomic E-state index is -4.95. The quantitative estimate of drug-likeness (QED) is 0.614. The zero-order valence-electron chi connectivity index (χ0n) is 16.0. The van der Waals surface area contributed by atoms with E-state index >= 15 is 0 Å². The van der Waals surface area contributed by atoms with Crippen LogP contribution in [0.2, 0.25) is 0 Å². The Balaban J connectivity index is 2.92. The van der Waals surface area contributed by atoms with E-state index in [-0.39, 0.29) is 4.90 Å². The Morgan fingerprint density at radius 2 is 1.75 bits per heavy atom. The average Bonchev–Trinajstić information content (AvgIpc) is 2.60. The van der Waals surface area contributed by atoms with Gasteiger partial charge >= 0.3 is 6.18 Å². The summed E-state index contributed by atoms with van der Waals surface area (Å²) in [5.74, 6) is 3.10. The molecule has 156 valence electrons. The first-order valence-corrected chi connectivity index (χ1v) is 10.8. The highest BCUT2D eigenvalue weighted by molar-refractivity contribution is 7.91. The fourth-order valence-electron chi connectivity index (χ4n) is 2.72. The molecule has 0 unspecified atom stereocenters. The molecule has 0 saturated carbocycles. The van der Waals surface area contributed by atoms with Crippen molar-refractivity contribution in [2.24, 2.45) is 0 Å². The van der Waals surface area contributed by atoms with Gasteiger partial charge in [0.25, 0.3) is 0 Å². The molecule has 0 aromatic heterocycles. The van der Waals surface area contributed by atoms with Gasteiger partial charge in [0, 0.05) is 12.0 Å². The maximum atomic E-state index is 12.3. The molecule has 0 aliphatic heterocycles. The van der Waals surface area contributed by atoms with Crippen LogP contribution in [0.15, 0.2) is 29.2 Å². The number of carbonyl (C=O) groups is 1. The van der Waals surface area contributed by atoms with Gasteiger partial charge in [0.15, 0.2) is 9.84 Å². The molecule has 8 heteroatoms. The number of ketones is 1. The molecule has 0 aliphatic carbocycles. The summed E-state index contributed by atoms with van der Waals surface area (Å²) in [5, 5.41) is 10.5. The predicted molar refractivity (Wildman–Crippen MR) is 100 cm³/mol. The molecule has 0 atom stereocenters. The number of halogens is 3. The van der Waals surface area contributed by atoms with E-state index in [0.29, 0.717) is 18.4 Å². The number of sulfone groups is 1. The molecule has 1 rings (SSSR count). The van der Waals surface area contributed by atoms with Crippen LogP contribution >= 0.6 is 0 Å². The van der Waals surface area contributed by atoms with E-state index in [1.807, 2.05) is 13.8 Å². The van der Waals surface area contributed by atoms with Gasteiger partial charge in [0.05, 0.1) is 10.6 Å². The van der Waals surface area contributed by atoms with E-state index in [1.165, 1.54) is 18.2 Å². The van der Waals surface area contributed by atoms with E-state index in [4.69, 9.17) is 0 Å². The molecular weight excluding hydrogens is 393 g/mol.